The highest BCUT2D eigenvalue weighted by atomic mass is 35.5. The lowest BCUT2D eigenvalue weighted by Crippen LogP contribution is -2.14. The second kappa shape index (κ2) is 5.01. The van der Waals surface area contributed by atoms with Gasteiger partial charge in [0.25, 0.3) is 5.91 Å². The average Bonchev–Trinajstić information content (AvgIpc) is 2.27. The first kappa shape index (κ1) is 12.3. The molecule has 0 bridgehead atoms. The fourth-order valence-electron chi connectivity index (χ4n) is 1.42. The molecule has 1 aromatic heterocycles. The molecule has 2 aromatic rings. The van der Waals surface area contributed by atoms with Gasteiger partial charge in [-0.15, -0.1) is 0 Å². The number of rotatable bonds is 2. The van der Waals surface area contributed by atoms with E-state index in [2.05, 4.69) is 10.3 Å². The van der Waals surface area contributed by atoms with E-state index in [0.29, 0.717) is 5.69 Å². The molecule has 1 heterocycles. The van der Waals surface area contributed by atoms with Crippen LogP contribution in [-0.4, -0.2) is 10.9 Å². The number of anilines is 2. The summed E-state index contributed by atoms with van der Waals surface area (Å²) >= 11 is 5.68. The third-order valence-corrected chi connectivity index (χ3v) is 2.44. The summed E-state index contributed by atoms with van der Waals surface area (Å²) in [5.41, 5.74) is 6.41. The first-order valence-corrected chi connectivity index (χ1v) is 5.41. The van der Waals surface area contributed by atoms with Gasteiger partial charge in [-0.2, -0.15) is 0 Å². The van der Waals surface area contributed by atoms with Crippen LogP contribution in [0.15, 0.2) is 36.7 Å². The normalized spacial score (nSPS) is 10.1. The maximum absolute atomic E-state index is 13.1. The number of nitrogens with one attached hydrogen (secondary N) is 1. The highest BCUT2D eigenvalue weighted by Gasteiger charge is 2.10. The molecule has 18 heavy (non-hydrogen) atoms. The smallest absolute Gasteiger partial charge is 0.259 e. The van der Waals surface area contributed by atoms with Crippen molar-refractivity contribution in [1.82, 2.24) is 4.98 Å². The summed E-state index contributed by atoms with van der Waals surface area (Å²) in [5, 5.41) is 2.70. The van der Waals surface area contributed by atoms with Gasteiger partial charge in [0.2, 0.25) is 0 Å². The molecule has 0 saturated heterocycles. The average molecular weight is 266 g/mol. The molecule has 2 rings (SSSR count). The number of nitrogens with two attached hydrogens (primary N) is 1. The summed E-state index contributed by atoms with van der Waals surface area (Å²) in [6.07, 6.45) is 2.82. The van der Waals surface area contributed by atoms with Crippen molar-refractivity contribution in [1.29, 1.82) is 0 Å². The molecule has 0 atom stereocenters. The molecule has 0 aliphatic heterocycles. The standard InChI is InChI=1S/C12H9ClFN3O/c13-7-3-8(14)5-9(4-7)17-12(18)10-6-16-2-1-11(10)15/h1-6H,(H2,15,16)(H,17,18). The molecule has 6 heteroatoms. The molecule has 0 spiro atoms. The van der Waals surface area contributed by atoms with E-state index in [4.69, 9.17) is 17.3 Å². The van der Waals surface area contributed by atoms with Crippen LogP contribution in [0.1, 0.15) is 10.4 Å². The summed E-state index contributed by atoms with van der Waals surface area (Å²) in [7, 11) is 0. The van der Waals surface area contributed by atoms with Crippen molar-refractivity contribution >= 4 is 28.9 Å². The monoisotopic (exact) mass is 265 g/mol. The summed E-state index contributed by atoms with van der Waals surface area (Å²) in [6.45, 7) is 0. The summed E-state index contributed by atoms with van der Waals surface area (Å²) in [6, 6.07) is 5.26. The Kier molecular flexibility index (Phi) is 3.43. The fraction of sp³-hybridized carbons (Fsp3) is 0. The van der Waals surface area contributed by atoms with Crippen LogP contribution >= 0.6 is 11.6 Å². The minimum absolute atomic E-state index is 0.199. The van der Waals surface area contributed by atoms with E-state index in [9.17, 15) is 9.18 Å². The molecule has 3 N–H and O–H groups in total. The number of aromatic nitrogens is 1. The maximum Gasteiger partial charge on any atom is 0.259 e. The quantitative estimate of drug-likeness (QED) is 0.877. The van der Waals surface area contributed by atoms with Crippen LogP contribution < -0.4 is 11.1 Å². The van der Waals surface area contributed by atoms with Gasteiger partial charge in [0.15, 0.2) is 0 Å². The molecule has 1 aromatic carbocycles. The largest absolute Gasteiger partial charge is 0.398 e. The molecule has 0 aliphatic carbocycles. The van der Waals surface area contributed by atoms with E-state index in [0.717, 1.165) is 12.1 Å². The van der Waals surface area contributed by atoms with Gasteiger partial charge in [0.05, 0.1) is 5.56 Å². The van der Waals surface area contributed by atoms with Crippen LogP contribution in [0, 0.1) is 5.82 Å². The zero-order valence-corrected chi connectivity index (χ0v) is 9.91. The van der Waals surface area contributed by atoms with Crippen molar-refractivity contribution in [2.75, 3.05) is 11.1 Å². The van der Waals surface area contributed by atoms with Crippen LogP contribution in [0.5, 0.6) is 0 Å². The van der Waals surface area contributed by atoms with Crippen LogP contribution in [0.25, 0.3) is 0 Å². The van der Waals surface area contributed by atoms with Crippen molar-refractivity contribution in [2.24, 2.45) is 0 Å². The molecule has 1 amide bonds. The van der Waals surface area contributed by atoms with Gasteiger partial charge < -0.3 is 11.1 Å². The van der Waals surface area contributed by atoms with Crippen LogP contribution in [0.3, 0.4) is 0 Å². The topological polar surface area (TPSA) is 68.0 Å². The second-order valence-corrected chi connectivity index (χ2v) is 4.01. The van der Waals surface area contributed by atoms with Gasteiger partial charge in [0, 0.05) is 28.8 Å². The zero-order chi connectivity index (χ0) is 13.1. The minimum atomic E-state index is -0.531. The van der Waals surface area contributed by atoms with Crippen LogP contribution in [0.2, 0.25) is 5.02 Å². The van der Waals surface area contributed by atoms with Crippen LogP contribution in [0.4, 0.5) is 15.8 Å². The highest BCUT2D eigenvalue weighted by molar-refractivity contribution is 6.31. The number of hydrogen-bond donors (Lipinski definition) is 2. The minimum Gasteiger partial charge on any atom is -0.398 e. The SMILES string of the molecule is Nc1ccncc1C(=O)Nc1cc(F)cc(Cl)c1. The van der Waals surface area contributed by atoms with E-state index in [-0.39, 0.29) is 16.3 Å². The number of benzene rings is 1. The molecule has 0 fully saturated rings. The lowest BCUT2D eigenvalue weighted by atomic mass is 10.2. The Morgan fingerprint density at radius 2 is 2.17 bits per heavy atom. The predicted octanol–water partition coefficient (Wildman–Crippen LogP) is 2.71. The first-order chi connectivity index (χ1) is 8.56. The zero-order valence-electron chi connectivity index (χ0n) is 9.15. The van der Waals surface area contributed by atoms with Gasteiger partial charge in [-0.05, 0) is 24.3 Å². The molecule has 92 valence electrons. The summed E-state index contributed by atoms with van der Waals surface area (Å²) in [5.74, 6) is -1.00. The molecule has 0 saturated carbocycles. The van der Waals surface area contributed by atoms with Crippen molar-refractivity contribution < 1.29 is 9.18 Å². The maximum atomic E-state index is 13.1. The number of nitrogen functional groups attached to an aromatic ring is 1. The molecule has 0 radical (unpaired) electrons. The van der Waals surface area contributed by atoms with E-state index < -0.39 is 11.7 Å². The summed E-state index contributed by atoms with van der Waals surface area (Å²) in [4.78, 5) is 15.7. The van der Waals surface area contributed by atoms with Gasteiger partial charge in [-0.1, -0.05) is 11.6 Å². The van der Waals surface area contributed by atoms with Crippen molar-refractivity contribution in [3.8, 4) is 0 Å². The van der Waals surface area contributed by atoms with Crippen molar-refractivity contribution in [3.05, 3.63) is 53.1 Å². The second-order valence-electron chi connectivity index (χ2n) is 3.58. The van der Waals surface area contributed by atoms with Crippen LogP contribution in [-0.2, 0) is 0 Å². The number of halogens is 2. The molecule has 0 aliphatic rings. The third-order valence-electron chi connectivity index (χ3n) is 2.22. The number of carbonyl (C=O) groups excluding carboxylic acids is 1. The number of carbonyl (C=O) groups is 1. The number of nitrogens with zero attached hydrogens (tertiary/aromatic N) is 1. The Morgan fingerprint density at radius 1 is 1.39 bits per heavy atom. The van der Waals surface area contributed by atoms with Gasteiger partial charge in [-0.3, -0.25) is 9.78 Å². The van der Waals surface area contributed by atoms with Gasteiger partial charge >= 0.3 is 0 Å². The fourth-order valence-corrected chi connectivity index (χ4v) is 1.64. The Morgan fingerprint density at radius 3 is 2.83 bits per heavy atom. The highest BCUT2D eigenvalue weighted by Crippen LogP contribution is 2.19. The Bertz CT molecular complexity index is 583. The van der Waals surface area contributed by atoms with E-state index >= 15 is 0 Å². The number of pyridine rings is 1. The van der Waals surface area contributed by atoms with Crippen molar-refractivity contribution in [3.63, 3.8) is 0 Å². The lowest BCUT2D eigenvalue weighted by molar-refractivity contribution is 0.102. The Balaban J connectivity index is 2.24. The molecular weight excluding hydrogens is 257 g/mol. The lowest BCUT2D eigenvalue weighted by Gasteiger charge is -2.07. The van der Waals surface area contributed by atoms with E-state index in [1.54, 1.807) is 0 Å². The summed E-state index contributed by atoms with van der Waals surface area (Å²) < 4.78 is 13.1. The molecule has 0 unspecified atom stereocenters. The Labute approximate surface area is 108 Å². The van der Waals surface area contributed by atoms with Crippen molar-refractivity contribution in [2.45, 2.75) is 0 Å². The molecule has 4 nitrogen and oxygen atoms in total. The Hall–Kier alpha value is -2.14. The first-order valence-electron chi connectivity index (χ1n) is 5.03. The van der Waals surface area contributed by atoms with Gasteiger partial charge in [0.1, 0.15) is 5.82 Å². The molecular formula is C12H9ClFN3O. The van der Waals surface area contributed by atoms with Gasteiger partial charge in [-0.25, -0.2) is 4.39 Å². The number of amides is 1. The predicted molar refractivity (Wildman–Crippen MR) is 68.0 cm³/mol. The third kappa shape index (κ3) is 2.75. The number of hydrogen-bond acceptors (Lipinski definition) is 3. The van der Waals surface area contributed by atoms with E-state index in [1.807, 2.05) is 0 Å². The van der Waals surface area contributed by atoms with E-state index in [1.165, 1.54) is 24.5 Å².